The molecule has 0 saturated heterocycles. The molecule has 2 aromatic rings. The Kier molecular flexibility index (Phi) is 3.05. The molecule has 0 atom stereocenters. The maximum absolute atomic E-state index is 12.5. The Bertz CT molecular complexity index is 837. The van der Waals surface area contributed by atoms with Crippen LogP contribution in [-0.2, 0) is 9.84 Å². The number of hydrogen-bond acceptors (Lipinski definition) is 3. The van der Waals surface area contributed by atoms with E-state index in [2.05, 4.69) is 0 Å². The fourth-order valence-corrected chi connectivity index (χ4v) is 4.16. The third-order valence-electron chi connectivity index (χ3n) is 3.06. The van der Waals surface area contributed by atoms with Gasteiger partial charge in [0.2, 0.25) is 9.84 Å². The molecule has 0 saturated carbocycles. The highest BCUT2D eigenvalue weighted by Crippen LogP contribution is 2.42. The zero-order valence-electron chi connectivity index (χ0n) is 9.93. The summed E-state index contributed by atoms with van der Waals surface area (Å²) in [6.07, 6.45) is 0. The molecule has 20 heavy (non-hydrogen) atoms. The molecule has 6 heteroatoms. The van der Waals surface area contributed by atoms with Gasteiger partial charge in [-0.3, -0.25) is 0 Å². The molecule has 2 aromatic carbocycles. The zero-order valence-corrected chi connectivity index (χ0v) is 12.3. The smallest absolute Gasteiger partial charge is 0.207 e. The van der Waals surface area contributed by atoms with Crippen LogP contribution in [0, 0.1) is 0 Å². The standard InChI is InChI=1S/C14H8Cl2O3S/c15-9-3-1-8(2-4-9)14-13(17)11-7-10(16)5-6-12(11)20(14,18)19/h1-7,17H/p-1. The lowest BCUT2D eigenvalue weighted by molar-refractivity contribution is -0.242. The van der Waals surface area contributed by atoms with E-state index in [-0.39, 0.29) is 15.4 Å². The molecule has 1 aliphatic heterocycles. The fraction of sp³-hybridized carbons (Fsp3) is 0. The molecule has 0 aliphatic carbocycles. The van der Waals surface area contributed by atoms with Crippen molar-refractivity contribution in [3.05, 3.63) is 63.6 Å². The minimum atomic E-state index is -3.81. The molecule has 102 valence electrons. The van der Waals surface area contributed by atoms with Crippen molar-refractivity contribution >= 4 is 43.7 Å². The van der Waals surface area contributed by atoms with Gasteiger partial charge in [0.05, 0.1) is 9.80 Å². The van der Waals surface area contributed by atoms with Crippen molar-refractivity contribution in [2.45, 2.75) is 4.90 Å². The van der Waals surface area contributed by atoms with Crippen molar-refractivity contribution in [1.29, 1.82) is 0 Å². The number of benzene rings is 2. The molecule has 0 bridgehead atoms. The van der Waals surface area contributed by atoms with Gasteiger partial charge in [-0.15, -0.1) is 0 Å². The topological polar surface area (TPSA) is 57.2 Å². The van der Waals surface area contributed by atoms with Crippen molar-refractivity contribution in [2.24, 2.45) is 0 Å². The SMILES string of the molecule is O=S1(=O)C(c2ccc(Cl)cc2)=C([O-])c2cc(Cl)ccc21. The normalized spacial score (nSPS) is 16.3. The fourth-order valence-electron chi connectivity index (χ4n) is 2.16. The largest absolute Gasteiger partial charge is 0.871 e. The van der Waals surface area contributed by atoms with E-state index in [9.17, 15) is 13.5 Å². The maximum Gasteiger partial charge on any atom is 0.207 e. The lowest BCUT2D eigenvalue weighted by Crippen LogP contribution is -2.04. The number of rotatable bonds is 1. The Morgan fingerprint density at radius 3 is 2.15 bits per heavy atom. The number of halogens is 2. The monoisotopic (exact) mass is 325 g/mol. The first-order valence-electron chi connectivity index (χ1n) is 5.63. The first kappa shape index (κ1) is 13.5. The van der Waals surface area contributed by atoms with Crippen LogP contribution in [-0.4, -0.2) is 8.42 Å². The van der Waals surface area contributed by atoms with Crippen LogP contribution >= 0.6 is 23.2 Å². The Hall–Kier alpha value is -1.49. The van der Waals surface area contributed by atoms with E-state index >= 15 is 0 Å². The molecule has 0 spiro atoms. The quantitative estimate of drug-likeness (QED) is 0.809. The van der Waals surface area contributed by atoms with Gasteiger partial charge in [-0.05, 0) is 41.5 Å². The van der Waals surface area contributed by atoms with Crippen LogP contribution < -0.4 is 5.11 Å². The molecule has 0 radical (unpaired) electrons. The first-order valence-corrected chi connectivity index (χ1v) is 7.87. The summed E-state index contributed by atoms with van der Waals surface area (Å²) in [6, 6.07) is 10.3. The van der Waals surface area contributed by atoms with E-state index in [0.717, 1.165) is 0 Å². The highest BCUT2D eigenvalue weighted by Gasteiger charge is 2.32. The number of hydrogen-bond donors (Lipinski definition) is 0. The number of fused-ring (bicyclic) bond motifs is 1. The van der Waals surface area contributed by atoms with Crippen molar-refractivity contribution in [3.63, 3.8) is 0 Å². The third-order valence-corrected chi connectivity index (χ3v) is 5.44. The van der Waals surface area contributed by atoms with Gasteiger partial charge in [-0.25, -0.2) is 8.42 Å². The van der Waals surface area contributed by atoms with Crippen LogP contribution in [0.3, 0.4) is 0 Å². The van der Waals surface area contributed by atoms with Gasteiger partial charge in [0.1, 0.15) is 0 Å². The molecule has 0 fully saturated rings. The molecule has 3 nitrogen and oxygen atoms in total. The Labute approximate surface area is 126 Å². The average Bonchev–Trinajstić information content (AvgIpc) is 2.58. The van der Waals surface area contributed by atoms with Gasteiger partial charge >= 0.3 is 0 Å². The Balaban J connectivity index is 2.29. The van der Waals surface area contributed by atoms with Gasteiger partial charge < -0.3 is 5.11 Å². The number of sulfone groups is 1. The molecule has 1 heterocycles. The molecule has 0 N–H and O–H groups in total. The molecule has 3 rings (SSSR count). The summed E-state index contributed by atoms with van der Waals surface area (Å²) in [7, 11) is -3.81. The summed E-state index contributed by atoms with van der Waals surface area (Å²) in [5.41, 5.74) is 0.439. The average molecular weight is 326 g/mol. The van der Waals surface area contributed by atoms with Crippen molar-refractivity contribution in [3.8, 4) is 0 Å². The Morgan fingerprint density at radius 2 is 1.50 bits per heavy atom. The predicted octanol–water partition coefficient (Wildman–Crippen LogP) is 2.97. The summed E-state index contributed by atoms with van der Waals surface area (Å²) in [4.78, 5) is -0.233. The third kappa shape index (κ3) is 1.92. The highest BCUT2D eigenvalue weighted by molar-refractivity contribution is 8.01. The van der Waals surface area contributed by atoms with Crippen molar-refractivity contribution in [2.75, 3.05) is 0 Å². The van der Waals surface area contributed by atoms with E-state index in [4.69, 9.17) is 23.2 Å². The van der Waals surface area contributed by atoms with Crippen LogP contribution in [0.2, 0.25) is 10.0 Å². The molecule has 0 unspecified atom stereocenters. The van der Waals surface area contributed by atoms with Gasteiger partial charge in [0.15, 0.2) is 0 Å². The lowest BCUT2D eigenvalue weighted by Gasteiger charge is -2.11. The second-order valence-electron chi connectivity index (χ2n) is 4.31. The second kappa shape index (κ2) is 4.52. The van der Waals surface area contributed by atoms with Crippen molar-refractivity contribution in [1.82, 2.24) is 0 Å². The van der Waals surface area contributed by atoms with E-state index in [1.54, 1.807) is 12.1 Å². The van der Waals surface area contributed by atoms with Crippen LogP contribution in [0.4, 0.5) is 0 Å². The van der Waals surface area contributed by atoms with Crippen molar-refractivity contribution < 1.29 is 13.5 Å². The van der Waals surface area contributed by atoms with E-state index in [1.807, 2.05) is 0 Å². The molecule has 0 amide bonds. The molecule has 0 aromatic heterocycles. The van der Waals surface area contributed by atoms with E-state index in [0.29, 0.717) is 15.6 Å². The lowest BCUT2D eigenvalue weighted by atomic mass is 10.1. The summed E-state index contributed by atoms with van der Waals surface area (Å²) < 4.78 is 24.9. The van der Waals surface area contributed by atoms with E-state index in [1.165, 1.54) is 30.3 Å². The van der Waals surface area contributed by atoms with Gasteiger partial charge in [0, 0.05) is 10.0 Å². The van der Waals surface area contributed by atoms with E-state index < -0.39 is 15.6 Å². The summed E-state index contributed by atoms with van der Waals surface area (Å²) in [5.74, 6) is -0.537. The predicted molar refractivity (Wildman–Crippen MR) is 76.9 cm³/mol. The van der Waals surface area contributed by atoms with Crippen LogP contribution in [0.25, 0.3) is 10.7 Å². The van der Waals surface area contributed by atoms with Crippen LogP contribution in [0.1, 0.15) is 11.1 Å². The molecular weight excluding hydrogens is 319 g/mol. The summed E-state index contributed by atoms with van der Waals surface area (Å²) in [5, 5.41) is 13.1. The van der Waals surface area contributed by atoms with Gasteiger partial charge in [0.25, 0.3) is 0 Å². The highest BCUT2D eigenvalue weighted by atomic mass is 35.5. The minimum Gasteiger partial charge on any atom is -0.871 e. The summed E-state index contributed by atoms with van der Waals surface area (Å²) in [6.45, 7) is 0. The molecule has 1 aliphatic rings. The van der Waals surface area contributed by atoms with Gasteiger partial charge in [-0.2, -0.15) is 0 Å². The molecular formula is C14H7Cl2O3S-. The van der Waals surface area contributed by atoms with Gasteiger partial charge in [-0.1, -0.05) is 41.1 Å². The second-order valence-corrected chi connectivity index (χ2v) is 7.04. The summed E-state index contributed by atoms with van der Waals surface area (Å²) >= 11 is 11.6. The maximum atomic E-state index is 12.5. The van der Waals surface area contributed by atoms with Crippen LogP contribution in [0.15, 0.2) is 47.4 Å². The van der Waals surface area contributed by atoms with Crippen LogP contribution in [0.5, 0.6) is 0 Å². The Morgan fingerprint density at radius 1 is 0.900 bits per heavy atom. The zero-order chi connectivity index (χ0) is 14.5. The first-order chi connectivity index (χ1) is 9.41. The minimum absolute atomic E-state index is 0.00292.